The third-order valence-corrected chi connectivity index (χ3v) is 6.96. The van der Waals surface area contributed by atoms with Crippen LogP contribution in [-0.2, 0) is 0 Å². The molecule has 5 rings (SSSR count). The maximum Gasteiger partial charge on any atom is 0.319 e. The molecule has 2 saturated heterocycles. The Morgan fingerprint density at radius 2 is 2.08 bits per heavy atom. The van der Waals surface area contributed by atoms with Crippen LogP contribution in [0, 0.1) is 11.3 Å². The van der Waals surface area contributed by atoms with Gasteiger partial charge in [-0.2, -0.15) is 15.2 Å². The Labute approximate surface area is 211 Å². The third-order valence-electron chi connectivity index (χ3n) is 6.96. The van der Waals surface area contributed by atoms with Gasteiger partial charge in [0.2, 0.25) is 0 Å². The lowest BCUT2D eigenvalue weighted by molar-refractivity contribution is 0.102. The van der Waals surface area contributed by atoms with Crippen LogP contribution in [0.25, 0.3) is 10.8 Å². The summed E-state index contributed by atoms with van der Waals surface area (Å²) in [6.07, 6.45) is 2.62. The van der Waals surface area contributed by atoms with Gasteiger partial charge in [0, 0.05) is 48.9 Å². The minimum Gasteiger partial charge on any atom is -0.462 e. The molecule has 9 nitrogen and oxygen atoms in total. The van der Waals surface area contributed by atoms with Gasteiger partial charge in [0.15, 0.2) is 0 Å². The predicted octanol–water partition coefficient (Wildman–Crippen LogP) is 3.05. The highest BCUT2D eigenvalue weighted by Crippen LogP contribution is 2.25. The number of hydrogen-bond donors (Lipinski definition) is 2. The van der Waals surface area contributed by atoms with Crippen molar-refractivity contribution in [1.29, 1.82) is 5.26 Å². The van der Waals surface area contributed by atoms with Gasteiger partial charge in [-0.05, 0) is 37.9 Å². The molecular weight excluding hydrogens is 454 g/mol. The van der Waals surface area contributed by atoms with Crippen LogP contribution in [0.2, 0.25) is 0 Å². The van der Waals surface area contributed by atoms with Crippen molar-refractivity contribution in [3.8, 4) is 12.1 Å². The van der Waals surface area contributed by atoms with E-state index in [1.165, 1.54) is 0 Å². The Morgan fingerprint density at radius 1 is 1.22 bits per heavy atom. The molecule has 2 atom stereocenters. The molecule has 2 aliphatic rings. The molecule has 3 aromatic rings. The summed E-state index contributed by atoms with van der Waals surface area (Å²) in [7, 11) is 2.09. The van der Waals surface area contributed by atoms with Crippen LogP contribution >= 0.6 is 0 Å². The summed E-state index contributed by atoms with van der Waals surface area (Å²) in [5.74, 6) is 0.314. The number of ether oxygens (including phenoxy) is 1. The average molecular weight is 486 g/mol. The number of carbonyl (C=O) groups is 1. The van der Waals surface area contributed by atoms with Crippen LogP contribution in [0.1, 0.15) is 29.8 Å². The van der Waals surface area contributed by atoms with Gasteiger partial charge in [-0.1, -0.05) is 36.4 Å². The van der Waals surface area contributed by atoms with Crippen LogP contribution in [-0.4, -0.2) is 72.7 Å². The molecule has 0 aliphatic carbocycles. The summed E-state index contributed by atoms with van der Waals surface area (Å²) in [5.41, 5.74) is 0.975. The van der Waals surface area contributed by atoms with E-state index in [1.54, 1.807) is 6.07 Å². The summed E-state index contributed by atoms with van der Waals surface area (Å²) in [6.45, 7) is 3.60. The maximum absolute atomic E-state index is 13.4. The Balaban J connectivity index is 1.42. The normalized spacial score (nSPS) is 20.3. The van der Waals surface area contributed by atoms with Crippen molar-refractivity contribution in [1.82, 2.24) is 20.2 Å². The highest BCUT2D eigenvalue weighted by atomic mass is 16.5. The van der Waals surface area contributed by atoms with E-state index in [0.717, 1.165) is 42.4 Å². The first-order chi connectivity index (χ1) is 17.6. The van der Waals surface area contributed by atoms with Crippen molar-refractivity contribution in [2.45, 2.75) is 31.3 Å². The number of nitriles is 1. The molecule has 186 valence electrons. The summed E-state index contributed by atoms with van der Waals surface area (Å²) < 4.78 is 6.04. The van der Waals surface area contributed by atoms with Crippen molar-refractivity contribution in [2.24, 2.45) is 0 Å². The number of fused-ring (bicyclic) bond motifs is 1. The lowest BCUT2D eigenvalue weighted by Crippen LogP contribution is -2.51. The number of nitrogens with one attached hydrogen (secondary N) is 2. The van der Waals surface area contributed by atoms with Crippen molar-refractivity contribution in [3.63, 3.8) is 0 Å². The summed E-state index contributed by atoms with van der Waals surface area (Å²) >= 11 is 0. The van der Waals surface area contributed by atoms with Gasteiger partial charge in [0.25, 0.3) is 5.91 Å². The fourth-order valence-corrected chi connectivity index (χ4v) is 4.92. The highest BCUT2D eigenvalue weighted by molar-refractivity contribution is 6.08. The molecule has 0 saturated carbocycles. The second-order valence-electron chi connectivity index (χ2n) is 9.42. The lowest BCUT2D eigenvalue weighted by atomic mass is 10.1. The van der Waals surface area contributed by atoms with Crippen LogP contribution in [0.15, 0.2) is 48.5 Å². The lowest BCUT2D eigenvalue weighted by Gasteiger charge is -2.33. The molecule has 1 amide bonds. The largest absolute Gasteiger partial charge is 0.462 e. The van der Waals surface area contributed by atoms with E-state index < -0.39 is 0 Å². The van der Waals surface area contributed by atoms with Crippen molar-refractivity contribution >= 4 is 28.2 Å². The number of likely N-dealkylation sites (N-methyl/N-ethyl adjacent to an activating group) is 1. The summed E-state index contributed by atoms with van der Waals surface area (Å²) in [5, 5.41) is 17.5. The van der Waals surface area contributed by atoms with Gasteiger partial charge >= 0.3 is 6.01 Å². The van der Waals surface area contributed by atoms with Gasteiger partial charge in [0.1, 0.15) is 18.1 Å². The molecule has 1 aromatic heterocycles. The quantitative estimate of drug-likeness (QED) is 0.526. The number of carbonyl (C=O) groups excluding carboxylic acids is 1. The molecule has 3 heterocycles. The number of aromatic nitrogens is 2. The zero-order chi connectivity index (χ0) is 24.9. The maximum atomic E-state index is 13.4. The topological polar surface area (TPSA) is 106 Å². The van der Waals surface area contributed by atoms with E-state index in [2.05, 4.69) is 43.5 Å². The third kappa shape index (κ3) is 5.40. The monoisotopic (exact) mass is 485 g/mol. The SMILES string of the molecule is CN1CCC[C@H]1COc1nc(C(=O)Nc2cccc3ccccc23)cc(N2CCN[C@@H](CC#N)C2)n1. The van der Waals surface area contributed by atoms with E-state index >= 15 is 0 Å². The second-order valence-corrected chi connectivity index (χ2v) is 9.42. The van der Waals surface area contributed by atoms with Crippen molar-refractivity contribution in [3.05, 3.63) is 54.2 Å². The standard InChI is InChI=1S/C27H31N7O2/c1-33-14-5-8-21(33)18-36-27-31-24(16-25(32-27)34-15-13-29-20(17-34)11-12-28)26(35)30-23-10-4-7-19-6-2-3-9-22(19)23/h2-4,6-7,9-10,16,20-21,29H,5,8,11,13-15,17-18H2,1H3,(H,30,35)/t20-,21-/m0/s1. The number of hydrogen-bond acceptors (Lipinski definition) is 8. The minimum absolute atomic E-state index is 0.0446. The molecule has 0 radical (unpaired) electrons. The zero-order valence-corrected chi connectivity index (χ0v) is 20.5. The summed E-state index contributed by atoms with van der Waals surface area (Å²) in [6, 6.07) is 18.3. The molecule has 9 heteroatoms. The van der Waals surface area contributed by atoms with E-state index in [4.69, 9.17) is 10.00 Å². The average Bonchev–Trinajstić information content (AvgIpc) is 3.32. The number of amides is 1. The number of piperazine rings is 1. The van der Waals surface area contributed by atoms with Crippen LogP contribution in [0.5, 0.6) is 6.01 Å². The first-order valence-corrected chi connectivity index (χ1v) is 12.5. The first kappa shape index (κ1) is 24.0. The van der Waals surface area contributed by atoms with Crippen molar-refractivity contribution < 1.29 is 9.53 Å². The highest BCUT2D eigenvalue weighted by Gasteiger charge is 2.25. The Kier molecular flexibility index (Phi) is 7.26. The van der Waals surface area contributed by atoms with Crippen LogP contribution < -0.4 is 20.3 Å². The number of likely N-dealkylation sites (tertiary alicyclic amines) is 1. The van der Waals surface area contributed by atoms with E-state index in [-0.39, 0.29) is 23.7 Å². The molecule has 2 fully saturated rings. The fraction of sp³-hybridized carbons (Fsp3) is 0.407. The van der Waals surface area contributed by atoms with Crippen molar-refractivity contribution in [2.75, 3.05) is 50.1 Å². The number of nitrogens with zero attached hydrogens (tertiary/aromatic N) is 5. The smallest absolute Gasteiger partial charge is 0.319 e. The molecule has 0 bridgehead atoms. The molecule has 2 aromatic carbocycles. The Morgan fingerprint density at radius 3 is 2.92 bits per heavy atom. The van der Waals surface area contributed by atoms with Gasteiger partial charge in [-0.15, -0.1) is 0 Å². The first-order valence-electron chi connectivity index (χ1n) is 12.5. The van der Waals surface area contributed by atoms with Gasteiger partial charge < -0.3 is 25.2 Å². The van der Waals surface area contributed by atoms with Gasteiger partial charge in [-0.25, -0.2) is 0 Å². The Bertz CT molecular complexity index is 1270. The predicted molar refractivity (Wildman–Crippen MR) is 139 cm³/mol. The Hall–Kier alpha value is -3.74. The summed E-state index contributed by atoms with van der Waals surface area (Å²) in [4.78, 5) is 26.9. The van der Waals surface area contributed by atoms with E-state index in [0.29, 0.717) is 38.0 Å². The molecule has 0 spiro atoms. The zero-order valence-electron chi connectivity index (χ0n) is 20.5. The molecule has 0 unspecified atom stereocenters. The second kappa shape index (κ2) is 10.9. The minimum atomic E-state index is -0.318. The molecule has 2 N–H and O–H groups in total. The van der Waals surface area contributed by atoms with Gasteiger partial charge in [-0.3, -0.25) is 4.79 Å². The number of anilines is 2. The van der Waals surface area contributed by atoms with Crippen LogP contribution in [0.3, 0.4) is 0 Å². The fourth-order valence-electron chi connectivity index (χ4n) is 4.92. The van der Waals surface area contributed by atoms with Crippen LogP contribution in [0.4, 0.5) is 11.5 Å². The van der Waals surface area contributed by atoms with E-state index in [9.17, 15) is 4.79 Å². The molecule has 36 heavy (non-hydrogen) atoms. The number of benzene rings is 2. The molecule has 2 aliphatic heterocycles. The molecular formula is C27H31N7O2. The van der Waals surface area contributed by atoms with Gasteiger partial charge in [0.05, 0.1) is 12.5 Å². The number of rotatable bonds is 7. The van der Waals surface area contributed by atoms with E-state index in [1.807, 2.05) is 42.5 Å².